The molecule has 0 bridgehead atoms. The third kappa shape index (κ3) is 3.70. The van der Waals surface area contributed by atoms with Gasteiger partial charge in [0.05, 0.1) is 6.10 Å². The van der Waals surface area contributed by atoms with Crippen LogP contribution in [0.3, 0.4) is 0 Å². The van der Waals surface area contributed by atoms with Crippen molar-refractivity contribution < 1.29 is 4.74 Å². The van der Waals surface area contributed by atoms with Crippen LogP contribution in [0.2, 0.25) is 0 Å². The number of likely N-dealkylation sites (tertiary alicyclic amines) is 1. The van der Waals surface area contributed by atoms with E-state index >= 15 is 0 Å². The molecule has 4 heteroatoms. The van der Waals surface area contributed by atoms with E-state index in [1.807, 2.05) is 6.08 Å². The van der Waals surface area contributed by atoms with Crippen molar-refractivity contribution in [1.29, 1.82) is 0 Å². The minimum absolute atomic E-state index is 0.416. The average molecular weight is 223 g/mol. The Balaban J connectivity index is 2.50. The minimum Gasteiger partial charge on any atom is -0.384 e. The maximum absolute atomic E-state index is 5.54. The van der Waals surface area contributed by atoms with Crippen LogP contribution in [0, 0.1) is 0 Å². The normalized spacial score (nSPS) is 20.0. The van der Waals surface area contributed by atoms with Crippen LogP contribution in [0.25, 0.3) is 0 Å². The van der Waals surface area contributed by atoms with Gasteiger partial charge in [-0.2, -0.15) is 0 Å². The van der Waals surface area contributed by atoms with Crippen LogP contribution >= 0.6 is 0 Å². The summed E-state index contributed by atoms with van der Waals surface area (Å²) in [6, 6.07) is 0. The summed E-state index contributed by atoms with van der Waals surface area (Å²) >= 11 is 0. The summed E-state index contributed by atoms with van der Waals surface area (Å²) in [4.78, 5) is 5.97. The highest BCUT2D eigenvalue weighted by Crippen LogP contribution is 2.16. The van der Waals surface area contributed by atoms with Gasteiger partial charge in [0, 0.05) is 25.9 Å². The van der Waals surface area contributed by atoms with E-state index in [9.17, 15) is 0 Å². The zero-order valence-electron chi connectivity index (χ0n) is 10.1. The van der Waals surface area contributed by atoms with Gasteiger partial charge in [-0.3, -0.25) is 0 Å². The molecule has 0 radical (unpaired) electrons. The van der Waals surface area contributed by atoms with E-state index in [2.05, 4.69) is 23.5 Å². The SMILES string of the molecule is C=N/C(N)=C\C=C(/C)N1CCC(OC)CC1. The van der Waals surface area contributed by atoms with E-state index in [0.717, 1.165) is 25.9 Å². The summed E-state index contributed by atoms with van der Waals surface area (Å²) < 4.78 is 5.33. The lowest BCUT2D eigenvalue weighted by molar-refractivity contribution is 0.0504. The smallest absolute Gasteiger partial charge is 0.122 e. The zero-order valence-corrected chi connectivity index (χ0v) is 10.1. The van der Waals surface area contributed by atoms with Crippen molar-refractivity contribution in [3.63, 3.8) is 0 Å². The van der Waals surface area contributed by atoms with Crippen LogP contribution in [0.15, 0.2) is 28.7 Å². The monoisotopic (exact) mass is 223 g/mol. The van der Waals surface area contributed by atoms with Crippen LogP contribution in [0.4, 0.5) is 0 Å². The average Bonchev–Trinajstić information content (AvgIpc) is 2.35. The molecule has 1 aliphatic heterocycles. The van der Waals surface area contributed by atoms with Gasteiger partial charge < -0.3 is 15.4 Å². The van der Waals surface area contributed by atoms with Gasteiger partial charge in [-0.25, -0.2) is 4.99 Å². The first kappa shape index (κ1) is 12.8. The van der Waals surface area contributed by atoms with Gasteiger partial charge in [-0.1, -0.05) is 0 Å². The highest BCUT2D eigenvalue weighted by atomic mass is 16.5. The molecule has 0 spiro atoms. The first-order valence-corrected chi connectivity index (χ1v) is 5.56. The number of piperidine rings is 1. The third-order valence-electron chi connectivity index (χ3n) is 2.95. The maximum atomic E-state index is 5.54. The van der Waals surface area contributed by atoms with Crippen molar-refractivity contribution in [2.75, 3.05) is 20.2 Å². The van der Waals surface area contributed by atoms with E-state index < -0.39 is 0 Å². The quantitative estimate of drug-likeness (QED) is 0.580. The summed E-state index contributed by atoms with van der Waals surface area (Å²) in [5, 5.41) is 0. The van der Waals surface area contributed by atoms with Crippen LogP contribution in [-0.4, -0.2) is 37.9 Å². The summed E-state index contributed by atoms with van der Waals surface area (Å²) in [5.74, 6) is 0.450. The second-order valence-electron chi connectivity index (χ2n) is 3.98. The fraction of sp³-hybridized carbons (Fsp3) is 0.583. The van der Waals surface area contributed by atoms with Crippen molar-refractivity contribution in [1.82, 2.24) is 4.90 Å². The number of allylic oxidation sites excluding steroid dienone is 3. The zero-order chi connectivity index (χ0) is 12.0. The summed E-state index contributed by atoms with van der Waals surface area (Å²) in [6.45, 7) is 7.53. The molecule has 0 amide bonds. The topological polar surface area (TPSA) is 50.8 Å². The van der Waals surface area contributed by atoms with Gasteiger partial charge in [0.2, 0.25) is 0 Å². The molecule has 0 atom stereocenters. The fourth-order valence-corrected chi connectivity index (χ4v) is 1.81. The lowest BCUT2D eigenvalue weighted by Gasteiger charge is -2.33. The molecule has 0 saturated carbocycles. The molecule has 2 N–H and O–H groups in total. The second-order valence-corrected chi connectivity index (χ2v) is 3.98. The van der Waals surface area contributed by atoms with Crippen LogP contribution in [0.5, 0.6) is 0 Å². The van der Waals surface area contributed by atoms with Gasteiger partial charge >= 0.3 is 0 Å². The number of rotatable bonds is 4. The van der Waals surface area contributed by atoms with Crippen LogP contribution < -0.4 is 5.73 Å². The molecule has 0 aliphatic carbocycles. The Bertz CT molecular complexity index is 289. The predicted molar refractivity (Wildman–Crippen MR) is 67.2 cm³/mol. The highest BCUT2D eigenvalue weighted by Gasteiger charge is 2.18. The Labute approximate surface area is 97.5 Å². The summed E-state index contributed by atoms with van der Waals surface area (Å²) in [7, 11) is 1.78. The molecule has 90 valence electrons. The lowest BCUT2D eigenvalue weighted by atomic mass is 10.1. The number of aliphatic imine (C=N–C) groups is 1. The summed E-state index contributed by atoms with van der Waals surface area (Å²) in [6.07, 6.45) is 6.35. The van der Waals surface area contributed by atoms with E-state index in [0.29, 0.717) is 11.9 Å². The van der Waals surface area contributed by atoms with Crippen molar-refractivity contribution in [3.8, 4) is 0 Å². The molecule has 1 fully saturated rings. The Morgan fingerprint density at radius 2 is 2.06 bits per heavy atom. The number of nitrogens with two attached hydrogens (primary N) is 1. The molecule has 1 rings (SSSR count). The Hall–Kier alpha value is -1.29. The van der Waals surface area contributed by atoms with Crippen molar-refractivity contribution in [2.24, 2.45) is 10.7 Å². The number of hydrogen-bond donors (Lipinski definition) is 1. The maximum Gasteiger partial charge on any atom is 0.122 e. The van der Waals surface area contributed by atoms with Gasteiger partial charge in [0.1, 0.15) is 5.82 Å². The lowest BCUT2D eigenvalue weighted by Crippen LogP contribution is -2.35. The fourth-order valence-electron chi connectivity index (χ4n) is 1.81. The first-order valence-electron chi connectivity index (χ1n) is 5.56. The van der Waals surface area contributed by atoms with E-state index in [4.69, 9.17) is 10.5 Å². The largest absolute Gasteiger partial charge is 0.384 e. The number of nitrogens with zero attached hydrogens (tertiary/aromatic N) is 2. The standard InChI is InChI=1S/C12H21N3O/c1-10(4-5-12(13)14-2)15-8-6-11(16-3)7-9-15/h4-5,11H,2,6-9,13H2,1,3H3/b10-4+,12-5-. The third-order valence-corrected chi connectivity index (χ3v) is 2.95. The predicted octanol–water partition coefficient (Wildman–Crippen LogP) is 1.50. The van der Waals surface area contributed by atoms with Crippen molar-refractivity contribution in [2.45, 2.75) is 25.9 Å². The molecule has 0 aromatic rings. The van der Waals surface area contributed by atoms with E-state index in [-0.39, 0.29) is 0 Å². The molecule has 4 nitrogen and oxygen atoms in total. The molecule has 1 saturated heterocycles. The van der Waals surface area contributed by atoms with Gasteiger partial charge in [0.15, 0.2) is 0 Å². The number of methoxy groups -OCH3 is 1. The number of hydrogen-bond acceptors (Lipinski definition) is 4. The molecular weight excluding hydrogens is 202 g/mol. The minimum atomic E-state index is 0.416. The van der Waals surface area contributed by atoms with Crippen LogP contribution in [0.1, 0.15) is 19.8 Å². The summed E-state index contributed by atoms with van der Waals surface area (Å²) in [5.41, 5.74) is 6.75. The Morgan fingerprint density at radius 3 is 2.56 bits per heavy atom. The van der Waals surface area contributed by atoms with Crippen LogP contribution in [-0.2, 0) is 4.74 Å². The molecule has 1 aliphatic rings. The van der Waals surface area contributed by atoms with E-state index in [1.54, 1.807) is 13.2 Å². The first-order chi connectivity index (χ1) is 7.67. The molecular formula is C12H21N3O. The molecule has 1 heterocycles. The Morgan fingerprint density at radius 1 is 1.44 bits per heavy atom. The van der Waals surface area contributed by atoms with Gasteiger partial charge in [-0.15, -0.1) is 0 Å². The van der Waals surface area contributed by atoms with Crippen molar-refractivity contribution >= 4 is 6.72 Å². The highest BCUT2D eigenvalue weighted by molar-refractivity contribution is 5.29. The molecule has 0 aromatic carbocycles. The Kier molecular flexibility index (Phi) is 5.05. The van der Waals surface area contributed by atoms with E-state index in [1.165, 1.54) is 5.70 Å². The van der Waals surface area contributed by atoms with Gasteiger partial charge in [0.25, 0.3) is 0 Å². The van der Waals surface area contributed by atoms with Crippen molar-refractivity contribution in [3.05, 3.63) is 23.7 Å². The van der Waals surface area contributed by atoms with Gasteiger partial charge in [-0.05, 0) is 38.6 Å². The second kappa shape index (κ2) is 6.33. The number of ether oxygens (including phenoxy) is 1. The molecule has 16 heavy (non-hydrogen) atoms. The molecule has 0 unspecified atom stereocenters. The molecule has 0 aromatic heterocycles.